The molecule has 0 saturated carbocycles. The largest absolute Gasteiger partial charge is 0.497 e. The third-order valence-electron chi connectivity index (χ3n) is 7.63. The number of carboxylic acids is 2. The molecule has 0 radical (unpaired) electrons. The summed E-state index contributed by atoms with van der Waals surface area (Å²) in [6.45, 7) is 1.60. The lowest BCUT2D eigenvalue weighted by atomic mass is 9.98. The molecule has 3 aromatic carbocycles. The summed E-state index contributed by atoms with van der Waals surface area (Å²) in [4.78, 5) is 50.4. The maximum Gasteiger partial charge on any atom is 0.323 e. The van der Waals surface area contributed by atoms with E-state index in [0.717, 1.165) is 30.1 Å². The summed E-state index contributed by atoms with van der Waals surface area (Å²) in [6.07, 6.45) is 1.03. The lowest BCUT2D eigenvalue weighted by molar-refractivity contribution is -0.146. The van der Waals surface area contributed by atoms with Crippen LogP contribution in [0.1, 0.15) is 31.7 Å². The summed E-state index contributed by atoms with van der Waals surface area (Å²) in [5.74, 6) is -3.06. The fourth-order valence-electron chi connectivity index (χ4n) is 5.28. The molecule has 1 aliphatic rings. The monoisotopic (exact) mass is 698 g/mol. The Morgan fingerprint density at radius 3 is 2.33 bits per heavy atom. The van der Waals surface area contributed by atoms with E-state index in [-0.39, 0.29) is 29.9 Å². The van der Waals surface area contributed by atoms with E-state index in [1.807, 2.05) is 12.1 Å². The number of carbonyl (C=O) groups is 4. The fraction of sp³-hybridized carbons (Fsp3) is 0.364. The zero-order chi connectivity index (χ0) is 36.1. The van der Waals surface area contributed by atoms with Gasteiger partial charge in [0.25, 0.3) is 5.97 Å². The van der Waals surface area contributed by atoms with Gasteiger partial charge in [-0.3, -0.25) is 24.6 Å². The third kappa shape index (κ3) is 12.1. The highest BCUT2D eigenvalue weighted by Gasteiger charge is 2.33. The van der Waals surface area contributed by atoms with Crippen molar-refractivity contribution in [3.63, 3.8) is 0 Å². The highest BCUT2D eigenvalue weighted by atomic mass is 32.2. The number of fused-ring (bicyclic) bond motifs is 1. The number of hydrogen-bond donors (Lipinski definition) is 6. The van der Waals surface area contributed by atoms with Crippen LogP contribution in [0.2, 0.25) is 0 Å². The number of carbonyl (C=O) groups excluding carboxylic acids is 2. The van der Waals surface area contributed by atoms with E-state index in [1.54, 1.807) is 47.4 Å². The molecule has 0 bridgehead atoms. The number of sulfonamides is 1. The highest BCUT2D eigenvalue weighted by molar-refractivity contribution is 7.89. The van der Waals surface area contributed by atoms with Crippen molar-refractivity contribution in [2.75, 3.05) is 33.3 Å². The molecule has 4 rings (SSSR count). The molecule has 0 aromatic heterocycles. The smallest absolute Gasteiger partial charge is 0.323 e. The second kappa shape index (κ2) is 17.8. The van der Waals surface area contributed by atoms with Crippen LogP contribution in [0.25, 0.3) is 10.8 Å². The quantitative estimate of drug-likeness (QED) is 0.111. The van der Waals surface area contributed by atoms with Gasteiger partial charge < -0.3 is 35.8 Å². The van der Waals surface area contributed by atoms with Crippen LogP contribution in [0, 0.1) is 11.3 Å². The van der Waals surface area contributed by atoms with E-state index >= 15 is 0 Å². The Labute approximate surface area is 284 Å². The molecule has 0 spiro atoms. The molecule has 3 aromatic rings. The zero-order valence-electron chi connectivity index (χ0n) is 27.3. The van der Waals surface area contributed by atoms with Gasteiger partial charge in [0.1, 0.15) is 18.3 Å². The Morgan fingerprint density at radius 1 is 1.06 bits per heavy atom. The summed E-state index contributed by atoms with van der Waals surface area (Å²) in [7, 11) is -2.82. The maximum absolute atomic E-state index is 13.9. The lowest BCUT2D eigenvalue weighted by Gasteiger charge is -2.33. The van der Waals surface area contributed by atoms with Crippen molar-refractivity contribution in [2.24, 2.45) is 11.7 Å². The van der Waals surface area contributed by atoms with E-state index in [1.165, 1.54) is 19.2 Å². The van der Waals surface area contributed by atoms with Crippen LogP contribution >= 0.6 is 0 Å². The van der Waals surface area contributed by atoms with Gasteiger partial charge in [0.15, 0.2) is 5.96 Å². The number of methoxy groups -OCH3 is 1. The molecule has 2 atom stereocenters. The average Bonchev–Trinajstić information content (AvgIpc) is 3.06. The van der Waals surface area contributed by atoms with Gasteiger partial charge in [-0.15, -0.1) is 0 Å². The minimum atomic E-state index is -4.32. The van der Waals surface area contributed by atoms with Gasteiger partial charge in [0.2, 0.25) is 21.8 Å². The summed E-state index contributed by atoms with van der Waals surface area (Å²) < 4.78 is 34.7. The second-order valence-electron chi connectivity index (χ2n) is 11.5. The normalized spacial score (nSPS) is 14.9. The van der Waals surface area contributed by atoms with Crippen LogP contribution < -0.4 is 20.5 Å². The Balaban J connectivity index is 0.00000154. The molecular formula is C33H42N6O9S. The van der Waals surface area contributed by atoms with Crippen molar-refractivity contribution in [1.29, 1.82) is 5.41 Å². The minimum Gasteiger partial charge on any atom is -0.497 e. The van der Waals surface area contributed by atoms with Crippen LogP contribution in [0.4, 0.5) is 0 Å². The molecule has 1 fully saturated rings. The molecule has 49 heavy (non-hydrogen) atoms. The molecule has 1 aliphatic heterocycles. The maximum atomic E-state index is 13.9. The average molecular weight is 699 g/mol. The number of nitrogens with one attached hydrogen (secondary N) is 3. The predicted molar refractivity (Wildman–Crippen MR) is 181 cm³/mol. The van der Waals surface area contributed by atoms with Crippen molar-refractivity contribution in [2.45, 2.75) is 43.7 Å². The topological polar surface area (TPSA) is 233 Å². The predicted octanol–water partition coefficient (Wildman–Crippen LogP) is 1.81. The number of nitrogens with zero attached hydrogens (tertiary/aromatic N) is 2. The van der Waals surface area contributed by atoms with Gasteiger partial charge in [0.05, 0.1) is 18.4 Å². The number of amides is 2. The van der Waals surface area contributed by atoms with Gasteiger partial charge in [-0.05, 0) is 59.4 Å². The van der Waals surface area contributed by atoms with Crippen molar-refractivity contribution in [3.8, 4) is 5.75 Å². The van der Waals surface area contributed by atoms with E-state index < -0.39 is 52.8 Å². The first-order chi connectivity index (χ1) is 23.2. The van der Waals surface area contributed by atoms with Gasteiger partial charge in [0, 0.05) is 33.1 Å². The Hall–Kier alpha value is -5.22. The summed E-state index contributed by atoms with van der Waals surface area (Å²) in [5, 5.41) is 29.0. The first-order valence-corrected chi connectivity index (χ1v) is 16.9. The Kier molecular flexibility index (Phi) is 13.9. The number of guanidine groups is 1. The van der Waals surface area contributed by atoms with Crippen LogP contribution in [0.15, 0.2) is 71.6 Å². The van der Waals surface area contributed by atoms with E-state index in [4.69, 9.17) is 25.8 Å². The molecule has 1 heterocycles. The molecular weight excluding hydrogens is 656 g/mol. The molecule has 264 valence electrons. The second-order valence-corrected chi connectivity index (χ2v) is 13.2. The molecule has 7 N–H and O–H groups in total. The van der Waals surface area contributed by atoms with Crippen LogP contribution in [-0.2, 0) is 35.7 Å². The number of nitrogens with two attached hydrogens (primary N) is 1. The van der Waals surface area contributed by atoms with Gasteiger partial charge in [-0.25, -0.2) is 8.42 Å². The number of aliphatic carboxylic acids is 2. The van der Waals surface area contributed by atoms with Crippen molar-refractivity contribution in [1.82, 2.24) is 19.8 Å². The number of likely N-dealkylation sites (tertiary alicyclic amines) is 1. The number of hydrogen-bond acceptors (Lipinski definition) is 8. The number of benzene rings is 3. The SMILES string of the molecule is CC(=O)O.COc1ccc(CN(CC(=O)O)C(=O)[C@H](CC(=O)NC[C@@H]2CCCN(C(=N)N)C2)NS(=O)(=O)c2ccc3ccccc3c2)cc1. The van der Waals surface area contributed by atoms with E-state index in [0.29, 0.717) is 29.8 Å². The van der Waals surface area contributed by atoms with Crippen LogP contribution in [0.5, 0.6) is 5.75 Å². The molecule has 2 amide bonds. The Bertz CT molecular complexity index is 1750. The summed E-state index contributed by atoms with van der Waals surface area (Å²) >= 11 is 0. The number of piperidine rings is 1. The highest BCUT2D eigenvalue weighted by Crippen LogP contribution is 2.21. The van der Waals surface area contributed by atoms with Crippen molar-refractivity contribution in [3.05, 3.63) is 72.3 Å². The van der Waals surface area contributed by atoms with Gasteiger partial charge in [-0.2, -0.15) is 4.72 Å². The number of ether oxygens (including phenoxy) is 1. The first kappa shape index (κ1) is 38.2. The zero-order valence-corrected chi connectivity index (χ0v) is 28.1. The summed E-state index contributed by atoms with van der Waals surface area (Å²) in [6, 6.07) is 16.7. The van der Waals surface area contributed by atoms with Gasteiger partial charge in [-0.1, -0.05) is 42.5 Å². The minimum absolute atomic E-state index is 0.00799. The lowest BCUT2D eigenvalue weighted by Crippen LogP contribution is -2.52. The molecule has 0 unspecified atom stereocenters. The number of rotatable bonds is 13. The molecule has 16 heteroatoms. The van der Waals surface area contributed by atoms with Crippen LogP contribution in [-0.4, -0.2) is 97.5 Å². The van der Waals surface area contributed by atoms with Gasteiger partial charge >= 0.3 is 5.97 Å². The third-order valence-corrected chi connectivity index (χ3v) is 9.10. The Morgan fingerprint density at radius 2 is 1.71 bits per heavy atom. The summed E-state index contributed by atoms with van der Waals surface area (Å²) in [5.41, 5.74) is 6.20. The molecule has 1 saturated heterocycles. The molecule has 0 aliphatic carbocycles. The van der Waals surface area contributed by atoms with Crippen molar-refractivity contribution < 1.29 is 42.5 Å². The fourth-order valence-corrected chi connectivity index (χ4v) is 6.51. The number of carboxylic acid groups (broad SMARTS) is 2. The van der Waals surface area contributed by atoms with Crippen molar-refractivity contribution >= 4 is 50.5 Å². The molecule has 15 nitrogen and oxygen atoms in total. The standard InChI is InChI=1S/C31H38N6O7S.C2H4O2/c1-44-25-11-8-21(9-12-25)18-37(20-29(39)40)30(41)27(16-28(38)34-17-22-5-4-14-36(19-22)31(32)33)35-45(42,43)26-13-10-23-6-2-3-7-24(23)15-26;1-2(3)4/h2-3,6-13,15,22,27,35H,4-5,14,16-20H2,1H3,(H3,32,33)(H,34,38)(H,39,40);1H3,(H,3,4)/t22-,27-;/m0./s1. The van der Waals surface area contributed by atoms with E-state index in [2.05, 4.69) is 10.0 Å². The van der Waals surface area contributed by atoms with E-state index in [9.17, 15) is 27.9 Å². The first-order valence-electron chi connectivity index (χ1n) is 15.4. The van der Waals surface area contributed by atoms with Crippen LogP contribution in [0.3, 0.4) is 0 Å².